The van der Waals surface area contributed by atoms with E-state index in [-0.39, 0.29) is 0 Å². The lowest BCUT2D eigenvalue weighted by atomic mass is 9.81. The van der Waals surface area contributed by atoms with Gasteiger partial charge in [0.1, 0.15) is 0 Å². The van der Waals surface area contributed by atoms with Gasteiger partial charge in [-0.05, 0) is 105 Å². The lowest BCUT2D eigenvalue weighted by Gasteiger charge is -2.25. The van der Waals surface area contributed by atoms with Crippen molar-refractivity contribution in [1.29, 1.82) is 0 Å². The molecule has 0 heterocycles. The van der Waals surface area contributed by atoms with Gasteiger partial charge in [0.15, 0.2) is 0 Å². The average Bonchev–Trinajstić information content (AvgIpc) is 3.73. The Balaban J connectivity index is 1.01. The second kappa shape index (κ2) is 24.2. The topological polar surface area (TPSA) is 12.0 Å². The van der Waals surface area contributed by atoms with Crippen molar-refractivity contribution in [2.45, 2.75) is 226 Å². The van der Waals surface area contributed by atoms with Crippen molar-refractivity contribution in [2.75, 3.05) is 13.1 Å². The molecule has 0 bridgehead atoms. The van der Waals surface area contributed by atoms with Gasteiger partial charge in [0.25, 0.3) is 0 Å². The monoisotopic (exact) mass is 654 g/mol. The van der Waals surface area contributed by atoms with Crippen LogP contribution in [0.25, 0.3) is 0 Å². The van der Waals surface area contributed by atoms with Crippen LogP contribution >= 0.6 is 0 Å². The molecule has 0 aromatic rings. The summed E-state index contributed by atoms with van der Waals surface area (Å²) >= 11 is 0. The predicted octanol–water partition coefficient (Wildman–Crippen LogP) is 14.7. The van der Waals surface area contributed by atoms with Crippen LogP contribution in [0.1, 0.15) is 226 Å². The van der Waals surface area contributed by atoms with Gasteiger partial charge in [-0.3, -0.25) is 0 Å². The Morgan fingerprint density at radius 2 is 0.894 bits per heavy atom. The maximum atomic E-state index is 3.94. The molecule has 0 aromatic heterocycles. The summed E-state index contributed by atoms with van der Waals surface area (Å²) in [6.07, 6.45) is 48.3. The Hall–Kier alpha value is -0.0400. The van der Waals surface area contributed by atoms with Gasteiger partial charge in [0.05, 0.1) is 0 Å². The molecule has 0 aromatic carbocycles. The molecule has 47 heavy (non-hydrogen) atoms. The van der Waals surface area contributed by atoms with E-state index in [2.05, 4.69) is 26.1 Å². The number of nitrogens with one attached hydrogen (secondary N) is 1. The molecule has 0 spiro atoms. The standard InChI is InChI=1S/C46H87N/c1-38-19-9-4-5-13-25-44(28-16-8-10-20-38)46-32-30-42(36-46)37-47-34-33-40(3)23-17-18-24-41-29-31-45(35-41)43-26-14-6-11-21-39(2)22-12-7-15-27-43/h38-47H,4-37H2,1-3H3. The van der Waals surface area contributed by atoms with Gasteiger partial charge >= 0.3 is 0 Å². The fourth-order valence-electron chi connectivity index (χ4n) is 11.3. The Labute approximate surface area is 297 Å². The molecule has 4 rings (SSSR count). The first-order valence-electron chi connectivity index (χ1n) is 22.8. The van der Waals surface area contributed by atoms with Crippen molar-refractivity contribution in [2.24, 2.45) is 53.3 Å². The number of unbranched alkanes of at least 4 members (excludes halogenated alkanes) is 1. The molecule has 0 saturated heterocycles. The largest absolute Gasteiger partial charge is 0.316 e. The van der Waals surface area contributed by atoms with Crippen molar-refractivity contribution in [1.82, 2.24) is 5.32 Å². The third-order valence-electron chi connectivity index (χ3n) is 14.6. The summed E-state index contributed by atoms with van der Waals surface area (Å²) in [5, 5.41) is 3.94. The van der Waals surface area contributed by atoms with Crippen LogP contribution in [0.3, 0.4) is 0 Å². The highest BCUT2D eigenvalue weighted by Gasteiger charge is 2.31. The number of rotatable bonds is 12. The molecular formula is C46H87N. The molecular weight excluding hydrogens is 567 g/mol. The van der Waals surface area contributed by atoms with Crippen LogP contribution in [0, 0.1) is 53.3 Å². The van der Waals surface area contributed by atoms with Crippen LogP contribution in [-0.2, 0) is 0 Å². The normalized spacial score (nSPS) is 35.6. The summed E-state index contributed by atoms with van der Waals surface area (Å²) in [7, 11) is 0. The molecule has 1 N–H and O–H groups in total. The quantitative estimate of drug-likeness (QED) is 0.207. The van der Waals surface area contributed by atoms with E-state index in [0.717, 1.165) is 53.3 Å². The van der Waals surface area contributed by atoms with Crippen molar-refractivity contribution in [3.05, 3.63) is 0 Å². The van der Waals surface area contributed by atoms with E-state index in [4.69, 9.17) is 0 Å². The minimum atomic E-state index is 0.901. The molecule has 4 fully saturated rings. The highest BCUT2D eigenvalue weighted by Crippen LogP contribution is 2.43. The lowest BCUT2D eigenvalue weighted by Crippen LogP contribution is -2.24. The average molecular weight is 654 g/mol. The molecule has 0 aliphatic heterocycles. The van der Waals surface area contributed by atoms with Crippen molar-refractivity contribution in [3.8, 4) is 0 Å². The van der Waals surface area contributed by atoms with Crippen LogP contribution in [-0.4, -0.2) is 13.1 Å². The summed E-state index contributed by atoms with van der Waals surface area (Å²) < 4.78 is 0. The van der Waals surface area contributed by atoms with Crippen molar-refractivity contribution >= 4 is 0 Å². The molecule has 1 heteroatoms. The molecule has 4 aliphatic rings. The molecule has 276 valence electrons. The summed E-state index contributed by atoms with van der Waals surface area (Å²) in [6.45, 7) is 10.1. The highest BCUT2D eigenvalue weighted by atomic mass is 14.9. The lowest BCUT2D eigenvalue weighted by molar-refractivity contribution is 0.266. The maximum absolute atomic E-state index is 3.94. The van der Waals surface area contributed by atoms with Gasteiger partial charge in [-0.1, -0.05) is 188 Å². The number of hydrogen-bond donors (Lipinski definition) is 1. The van der Waals surface area contributed by atoms with E-state index in [0.29, 0.717) is 0 Å². The van der Waals surface area contributed by atoms with Crippen LogP contribution < -0.4 is 5.32 Å². The maximum Gasteiger partial charge on any atom is -0.00204 e. The fourth-order valence-corrected chi connectivity index (χ4v) is 11.3. The minimum Gasteiger partial charge on any atom is -0.316 e. The zero-order valence-corrected chi connectivity index (χ0v) is 32.7. The van der Waals surface area contributed by atoms with Crippen LogP contribution in [0.15, 0.2) is 0 Å². The fraction of sp³-hybridized carbons (Fsp3) is 1.00. The van der Waals surface area contributed by atoms with Crippen LogP contribution in [0.2, 0.25) is 0 Å². The minimum absolute atomic E-state index is 0.901. The number of hydrogen-bond acceptors (Lipinski definition) is 1. The molecule has 0 radical (unpaired) electrons. The smallest absolute Gasteiger partial charge is 0.00204 e. The zero-order valence-electron chi connectivity index (χ0n) is 32.7. The molecule has 4 saturated carbocycles. The van der Waals surface area contributed by atoms with Gasteiger partial charge in [-0.15, -0.1) is 0 Å². The second-order valence-corrected chi connectivity index (χ2v) is 18.9. The van der Waals surface area contributed by atoms with Gasteiger partial charge in [-0.25, -0.2) is 0 Å². The predicted molar refractivity (Wildman–Crippen MR) is 209 cm³/mol. The van der Waals surface area contributed by atoms with Gasteiger partial charge < -0.3 is 5.32 Å². The third-order valence-corrected chi connectivity index (χ3v) is 14.6. The SMILES string of the molecule is CC1CCCCCC(C2CCC(CCCCC(C)CCNCC3CCC(C4CCCCCCC(C)CCCCC4)C3)C2)CCCCC1. The van der Waals surface area contributed by atoms with E-state index in [1.54, 1.807) is 38.5 Å². The molecule has 0 amide bonds. The third kappa shape index (κ3) is 16.7. The highest BCUT2D eigenvalue weighted by molar-refractivity contribution is 4.83. The van der Waals surface area contributed by atoms with E-state index < -0.39 is 0 Å². The van der Waals surface area contributed by atoms with Gasteiger partial charge in [0, 0.05) is 0 Å². The second-order valence-electron chi connectivity index (χ2n) is 18.9. The van der Waals surface area contributed by atoms with Crippen molar-refractivity contribution < 1.29 is 0 Å². The Kier molecular flexibility index (Phi) is 20.5. The first kappa shape index (κ1) is 39.7. The Morgan fingerprint density at radius 3 is 1.43 bits per heavy atom. The zero-order chi connectivity index (χ0) is 32.9. The van der Waals surface area contributed by atoms with Crippen molar-refractivity contribution in [3.63, 3.8) is 0 Å². The van der Waals surface area contributed by atoms with E-state index in [9.17, 15) is 0 Å². The first-order chi connectivity index (χ1) is 23.1. The summed E-state index contributed by atoms with van der Waals surface area (Å²) in [5.41, 5.74) is 0. The van der Waals surface area contributed by atoms with E-state index in [1.807, 2.05) is 0 Å². The summed E-state index contributed by atoms with van der Waals surface area (Å²) in [4.78, 5) is 0. The summed E-state index contributed by atoms with van der Waals surface area (Å²) in [5.74, 6) is 9.12. The van der Waals surface area contributed by atoms with Crippen LogP contribution in [0.4, 0.5) is 0 Å². The van der Waals surface area contributed by atoms with Crippen LogP contribution in [0.5, 0.6) is 0 Å². The molecule has 1 nitrogen and oxygen atoms in total. The molecule has 4 aliphatic carbocycles. The molecule has 7 unspecified atom stereocenters. The van der Waals surface area contributed by atoms with E-state index >= 15 is 0 Å². The van der Waals surface area contributed by atoms with E-state index in [1.165, 1.54) is 180 Å². The first-order valence-corrected chi connectivity index (χ1v) is 22.8. The van der Waals surface area contributed by atoms with Gasteiger partial charge in [0.2, 0.25) is 0 Å². The summed E-state index contributed by atoms with van der Waals surface area (Å²) in [6, 6.07) is 0. The molecule has 7 atom stereocenters. The van der Waals surface area contributed by atoms with Gasteiger partial charge in [-0.2, -0.15) is 0 Å². The Bertz CT molecular complexity index is 731. The Morgan fingerprint density at radius 1 is 0.447 bits per heavy atom.